The Morgan fingerprint density at radius 2 is 1.38 bits per heavy atom. The van der Waals surface area contributed by atoms with E-state index < -0.39 is 0 Å². The molecular formula is C18H34N2O. The molecule has 4 bridgehead atoms. The zero-order chi connectivity index (χ0) is 14.5. The molecule has 0 saturated heterocycles. The van der Waals surface area contributed by atoms with Crippen LogP contribution in [0.25, 0.3) is 0 Å². The molecule has 0 unspecified atom stereocenters. The standard InChI is InChI=1S/C18H34N2O/c21-7-3-1-2-4-19-5-6-20-14-18-11-15-8-16(12-18)10-17(9-15)13-18/h15-17,19-21H,1-14H2. The van der Waals surface area contributed by atoms with E-state index in [-0.39, 0.29) is 0 Å². The zero-order valence-electron chi connectivity index (χ0n) is 13.6. The van der Waals surface area contributed by atoms with Crippen LogP contribution in [-0.4, -0.2) is 37.9 Å². The van der Waals surface area contributed by atoms with Gasteiger partial charge in [0.15, 0.2) is 0 Å². The molecule has 122 valence electrons. The van der Waals surface area contributed by atoms with Crippen LogP contribution in [0.5, 0.6) is 0 Å². The molecule has 3 heteroatoms. The van der Waals surface area contributed by atoms with Crippen LogP contribution < -0.4 is 10.6 Å². The van der Waals surface area contributed by atoms with Crippen LogP contribution in [0, 0.1) is 23.2 Å². The van der Waals surface area contributed by atoms with Gasteiger partial charge in [0.1, 0.15) is 0 Å². The summed E-state index contributed by atoms with van der Waals surface area (Å²) < 4.78 is 0. The number of aliphatic hydroxyl groups is 1. The van der Waals surface area contributed by atoms with Crippen molar-refractivity contribution < 1.29 is 5.11 Å². The fraction of sp³-hybridized carbons (Fsp3) is 1.00. The molecule has 0 radical (unpaired) electrons. The van der Waals surface area contributed by atoms with Gasteiger partial charge in [-0.25, -0.2) is 0 Å². The van der Waals surface area contributed by atoms with Crippen molar-refractivity contribution in [2.24, 2.45) is 23.2 Å². The first-order chi connectivity index (χ1) is 10.3. The summed E-state index contributed by atoms with van der Waals surface area (Å²) in [6, 6.07) is 0. The minimum absolute atomic E-state index is 0.340. The van der Waals surface area contributed by atoms with Crippen LogP contribution in [0.4, 0.5) is 0 Å². The van der Waals surface area contributed by atoms with Crippen LogP contribution in [0.15, 0.2) is 0 Å². The predicted molar refractivity (Wildman–Crippen MR) is 87.3 cm³/mol. The van der Waals surface area contributed by atoms with Crippen LogP contribution >= 0.6 is 0 Å². The summed E-state index contributed by atoms with van der Waals surface area (Å²) in [6.07, 6.45) is 12.5. The Morgan fingerprint density at radius 1 is 0.762 bits per heavy atom. The van der Waals surface area contributed by atoms with Gasteiger partial charge in [-0.05, 0) is 87.5 Å². The highest BCUT2D eigenvalue weighted by Crippen LogP contribution is 2.59. The number of hydrogen-bond acceptors (Lipinski definition) is 3. The second-order valence-electron chi connectivity index (χ2n) is 8.13. The normalized spacial score (nSPS) is 37.3. The van der Waals surface area contributed by atoms with Gasteiger partial charge in [0.25, 0.3) is 0 Å². The first-order valence-electron chi connectivity index (χ1n) is 9.32. The van der Waals surface area contributed by atoms with Gasteiger partial charge < -0.3 is 15.7 Å². The summed E-state index contributed by atoms with van der Waals surface area (Å²) in [5.74, 6) is 3.22. The van der Waals surface area contributed by atoms with Crippen molar-refractivity contribution in [3.05, 3.63) is 0 Å². The maximum atomic E-state index is 8.73. The molecule has 4 fully saturated rings. The number of nitrogens with one attached hydrogen (secondary N) is 2. The molecule has 4 rings (SSSR count). The highest BCUT2D eigenvalue weighted by molar-refractivity contribution is 5.02. The average molecular weight is 294 g/mol. The fourth-order valence-electron chi connectivity index (χ4n) is 5.70. The van der Waals surface area contributed by atoms with Gasteiger partial charge in [0.05, 0.1) is 0 Å². The number of aliphatic hydroxyl groups excluding tert-OH is 1. The third-order valence-corrected chi connectivity index (χ3v) is 6.16. The van der Waals surface area contributed by atoms with Gasteiger partial charge in [-0.1, -0.05) is 0 Å². The van der Waals surface area contributed by atoms with E-state index in [1.807, 2.05) is 0 Å². The Morgan fingerprint density at radius 3 is 2.00 bits per heavy atom. The molecule has 4 aliphatic carbocycles. The topological polar surface area (TPSA) is 44.3 Å². The number of rotatable bonds is 10. The molecule has 0 aromatic heterocycles. The summed E-state index contributed by atoms with van der Waals surface area (Å²) in [6.45, 7) is 4.90. The van der Waals surface area contributed by atoms with Crippen molar-refractivity contribution in [2.45, 2.75) is 57.8 Å². The third-order valence-electron chi connectivity index (χ3n) is 6.16. The van der Waals surface area contributed by atoms with Gasteiger partial charge in [0.2, 0.25) is 0 Å². The Hall–Kier alpha value is -0.120. The van der Waals surface area contributed by atoms with Crippen molar-refractivity contribution >= 4 is 0 Å². The third kappa shape index (κ3) is 4.20. The van der Waals surface area contributed by atoms with E-state index in [1.54, 1.807) is 19.3 Å². The molecule has 4 aliphatic rings. The van der Waals surface area contributed by atoms with Gasteiger partial charge in [-0.2, -0.15) is 0 Å². The number of unbranched alkanes of at least 4 members (excludes halogenated alkanes) is 2. The smallest absolute Gasteiger partial charge is 0.0431 e. The Kier molecular flexibility index (Phi) is 5.58. The van der Waals surface area contributed by atoms with E-state index in [9.17, 15) is 0 Å². The summed E-state index contributed by atoms with van der Waals surface area (Å²) in [5.41, 5.74) is 0.676. The first-order valence-corrected chi connectivity index (χ1v) is 9.32. The van der Waals surface area contributed by atoms with Crippen molar-refractivity contribution in [1.82, 2.24) is 10.6 Å². The summed E-state index contributed by atoms with van der Waals surface area (Å²) in [5, 5.41) is 16.0. The molecule has 0 aromatic rings. The fourth-order valence-corrected chi connectivity index (χ4v) is 5.70. The molecule has 0 aliphatic heterocycles. The highest BCUT2D eigenvalue weighted by Gasteiger charge is 2.50. The van der Waals surface area contributed by atoms with Gasteiger partial charge in [-0.3, -0.25) is 0 Å². The van der Waals surface area contributed by atoms with Crippen molar-refractivity contribution in [2.75, 3.05) is 32.8 Å². The second-order valence-corrected chi connectivity index (χ2v) is 8.13. The van der Waals surface area contributed by atoms with E-state index in [1.165, 1.54) is 32.2 Å². The second kappa shape index (κ2) is 7.43. The zero-order valence-corrected chi connectivity index (χ0v) is 13.6. The SMILES string of the molecule is OCCCCCNCCNCC12CC3CC(CC(C3)C1)C2. The van der Waals surface area contributed by atoms with Crippen LogP contribution in [0.3, 0.4) is 0 Å². The summed E-state index contributed by atoms with van der Waals surface area (Å²) in [7, 11) is 0. The molecule has 3 N–H and O–H groups in total. The highest BCUT2D eigenvalue weighted by atomic mass is 16.2. The Balaban J connectivity index is 1.26. The van der Waals surface area contributed by atoms with Gasteiger partial charge in [0, 0.05) is 26.2 Å². The first kappa shape index (κ1) is 15.8. The molecule has 4 saturated carbocycles. The van der Waals surface area contributed by atoms with E-state index in [0.29, 0.717) is 12.0 Å². The number of hydrogen-bond donors (Lipinski definition) is 3. The Labute approximate surface area is 130 Å². The minimum atomic E-state index is 0.340. The molecule has 0 heterocycles. The molecule has 0 atom stereocenters. The largest absolute Gasteiger partial charge is 0.396 e. The van der Waals surface area contributed by atoms with E-state index >= 15 is 0 Å². The maximum absolute atomic E-state index is 8.73. The van der Waals surface area contributed by atoms with Gasteiger partial charge in [-0.15, -0.1) is 0 Å². The predicted octanol–water partition coefficient (Wildman–Crippen LogP) is 2.54. The van der Waals surface area contributed by atoms with Crippen molar-refractivity contribution in [1.29, 1.82) is 0 Å². The van der Waals surface area contributed by atoms with E-state index in [4.69, 9.17) is 5.11 Å². The van der Waals surface area contributed by atoms with Crippen LogP contribution in [-0.2, 0) is 0 Å². The average Bonchev–Trinajstić information content (AvgIpc) is 2.44. The van der Waals surface area contributed by atoms with Crippen LogP contribution in [0.1, 0.15) is 57.8 Å². The quantitative estimate of drug-likeness (QED) is 0.543. The van der Waals surface area contributed by atoms with E-state index in [2.05, 4.69) is 10.6 Å². The molecule has 3 nitrogen and oxygen atoms in total. The monoisotopic (exact) mass is 294 g/mol. The molecular weight excluding hydrogens is 260 g/mol. The lowest BCUT2D eigenvalue weighted by atomic mass is 9.49. The lowest BCUT2D eigenvalue weighted by molar-refractivity contribution is -0.0511. The molecule has 0 spiro atoms. The van der Waals surface area contributed by atoms with E-state index in [0.717, 1.165) is 50.2 Å². The lowest BCUT2D eigenvalue weighted by Gasteiger charge is -2.57. The summed E-state index contributed by atoms with van der Waals surface area (Å²) >= 11 is 0. The lowest BCUT2D eigenvalue weighted by Crippen LogP contribution is -2.50. The Bertz CT molecular complexity index is 283. The minimum Gasteiger partial charge on any atom is -0.396 e. The molecule has 21 heavy (non-hydrogen) atoms. The maximum Gasteiger partial charge on any atom is 0.0431 e. The van der Waals surface area contributed by atoms with Gasteiger partial charge >= 0.3 is 0 Å². The molecule has 0 amide bonds. The van der Waals surface area contributed by atoms with Crippen LogP contribution in [0.2, 0.25) is 0 Å². The van der Waals surface area contributed by atoms with Crippen molar-refractivity contribution in [3.63, 3.8) is 0 Å². The molecule has 0 aromatic carbocycles. The summed E-state index contributed by atoms with van der Waals surface area (Å²) in [4.78, 5) is 0. The van der Waals surface area contributed by atoms with Crippen molar-refractivity contribution in [3.8, 4) is 0 Å².